The average Bonchev–Trinajstić information content (AvgIpc) is 3.04. The zero-order valence-corrected chi connectivity index (χ0v) is 14.7. The van der Waals surface area contributed by atoms with Gasteiger partial charge in [-0.15, -0.1) is 0 Å². The first-order chi connectivity index (χ1) is 12.9. The standard InChI is InChI=1S/C20H16N2O5/c1-20(2)26-18(23)14(19(24)27-20)11-21-13-7-5-6-12(10-13)17-22-15-8-3-4-9-16(15)25-17/h3-11,21H,1-2H3. The molecular formula is C20H16N2O5. The molecule has 1 saturated heterocycles. The van der Waals surface area contributed by atoms with Gasteiger partial charge in [-0.25, -0.2) is 14.6 Å². The lowest BCUT2D eigenvalue weighted by molar-refractivity contribution is -0.222. The number of esters is 2. The Kier molecular flexibility index (Phi) is 3.92. The summed E-state index contributed by atoms with van der Waals surface area (Å²) in [5, 5.41) is 2.91. The number of hydrogen-bond donors (Lipinski definition) is 1. The maximum absolute atomic E-state index is 12.0. The lowest BCUT2D eigenvalue weighted by Crippen LogP contribution is -2.42. The van der Waals surface area contributed by atoms with E-state index < -0.39 is 17.7 Å². The first-order valence-corrected chi connectivity index (χ1v) is 8.31. The molecule has 0 spiro atoms. The van der Waals surface area contributed by atoms with Crippen molar-refractivity contribution in [1.29, 1.82) is 0 Å². The molecule has 136 valence electrons. The van der Waals surface area contributed by atoms with E-state index in [9.17, 15) is 9.59 Å². The molecule has 0 atom stereocenters. The lowest BCUT2D eigenvalue weighted by Gasteiger charge is -2.29. The Labute approximate surface area is 154 Å². The molecule has 1 aromatic heterocycles. The molecular weight excluding hydrogens is 348 g/mol. The predicted octanol–water partition coefficient (Wildman–Crippen LogP) is 3.63. The second kappa shape index (κ2) is 6.28. The van der Waals surface area contributed by atoms with Crippen LogP contribution in [0.5, 0.6) is 0 Å². The van der Waals surface area contributed by atoms with Crippen molar-refractivity contribution in [1.82, 2.24) is 4.98 Å². The molecule has 1 N–H and O–H groups in total. The Hall–Kier alpha value is -3.61. The molecule has 4 rings (SSSR count). The summed E-state index contributed by atoms with van der Waals surface area (Å²) >= 11 is 0. The number of aromatic nitrogens is 1. The molecule has 1 fully saturated rings. The number of carbonyl (C=O) groups excluding carboxylic acids is 2. The van der Waals surface area contributed by atoms with E-state index in [-0.39, 0.29) is 5.57 Å². The van der Waals surface area contributed by atoms with Gasteiger partial charge in [0.25, 0.3) is 5.79 Å². The van der Waals surface area contributed by atoms with Gasteiger partial charge < -0.3 is 19.2 Å². The van der Waals surface area contributed by atoms with Gasteiger partial charge in [-0.2, -0.15) is 0 Å². The summed E-state index contributed by atoms with van der Waals surface area (Å²) in [6.45, 7) is 2.99. The van der Waals surface area contributed by atoms with Gasteiger partial charge in [0.1, 0.15) is 5.52 Å². The molecule has 0 unspecified atom stereocenters. The fraction of sp³-hybridized carbons (Fsp3) is 0.150. The molecule has 1 aliphatic heterocycles. The molecule has 1 aliphatic rings. The van der Waals surface area contributed by atoms with Gasteiger partial charge in [0.05, 0.1) is 0 Å². The number of oxazole rings is 1. The Balaban J connectivity index is 1.58. The van der Waals surface area contributed by atoms with Crippen molar-refractivity contribution >= 4 is 28.7 Å². The second-order valence-electron chi connectivity index (χ2n) is 6.45. The van der Waals surface area contributed by atoms with Crippen LogP contribution in [0.15, 0.2) is 64.7 Å². The van der Waals surface area contributed by atoms with Gasteiger partial charge in [0.15, 0.2) is 11.2 Å². The number of hydrogen-bond acceptors (Lipinski definition) is 7. The molecule has 0 radical (unpaired) electrons. The largest absolute Gasteiger partial charge is 0.436 e. The van der Waals surface area contributed by atoms with Crippen LogP contribution in [0.4, 0.5) is 5.69 Å². The number of anilines is 1. The summed E-state index contributed by atoms with van der Waals surface area (Å²) in [6, 6.07) is 14.7. The summed E-state index contributed by atoms with van der Waals surface area (Å²) < 4.78 is 15.9. The van der Waals surface area contributed by atoms with E-state index >= 15 is 0 Å². The summed E-state index contributed by atoms with van der Waals surface area (Å²) in [5.41, 5.74) is 2.66. The highest BCUT2D eigenvalue weighted by atomic mass is 16.7. The van der Waals surface area contributed by atoms with E-state index in [2.05, 4.69) is 10.3 Å². The number of nitrogens with zero attached hydrogens (tertiary/aromatic N) is 1. The molecule has 0 saturated carbocycles. The summed E-state index contributed by atoms with van der Waals surface area (Å²) in [5.74, 6) is -2.26. The van der Waals surface area contributed by atoms with E-state index in [0.29, 0.717) is 17.2 Å². The minimum atomic E-state index is -1.27. The Morgan fingerprint density at radius 3 is 2.48 bits per heavy atom. The molecule has 0 amide bonds. The maximum atomic E-state index is 12.0. The fourth-order valence-corrected chi connectivity index (χ4v) is 2.67. The van der Waals surface area contributed by atoms with Crippen molar-refractivity contribution in [2.75, 3.05) is 5.32 Å². The number of ether oxygens (including phenoxy) is 2. The monoisotopic (exact) mass is 364 g/mol. The molecule has 7 nitrogen and oxygen atoms in total. The van der Waals surface area contributed by atoms with Crippen molar-refractivity contribution in [3.05, 3.63) is 60.3 Å². The van der Waals surface area contributed by atoms with Crippen LogP contribution in [0.1, 0.15) is 13.8 Å². The fourth-order valence-electron chi connectivity index (χ4n) is 2.67. The number of cyclic esters (lactones) is 2. The minimum absolute atomic E-state index is 0.207. The van der Waals surface area contributed by atoms with Gasteiger partial charge in [-0.1, -0.05) is 18.2 Å². The smallest absolute Gasteiger partial charge is 0.350 e. The zero-order chi connectivity index (χ0) is 19.0. The van der Waals surface area contributed by atoms with Gasteiger partial charge in [0, 0.05) is 31.3 Å². The predicted molar refractivity (Wildman–Crippen MR) is 97.4 cm³/mol. The van der Waals surface area contributed by atoms with E-state index in [1.165, 1.54) is 20.0 Å². The zero-order valence-electron chi connectivity index (χ0n) is 14.7. The van der Waals surface area contributed by atoms with Gasteiger partial charge in [0.2, 0.25) is 5.89 Å². The topological polar surface area (TPSA) is 90.7 Å². The lowest BCUT2D eigenvalue weighted by atomic mass is 10.2. The van der Waals surface area contributed by atoms with Crippen molar-refractivity contribution in [2.45, 2.75) is 19.6 Å². The van der Waals surface area contributed by atoms with Crippen molar-refractivity contribution in [3.63, 3.8) is 0 Å². The number of nitrogens with one attached hydrogen (secondary N) is 1. The second-order valence-corrected chi connectivity index (χ2v) is 6.45. The third-order valence-electron chi connectivity index (χ3n) is 3.90. The maximum Gasteiger partial charge on any atom is 0.350 e. The summed E-state index contributed by atoms with van der Waals surface area (Å²) in [6.07, 6.45) is 1.27. The summed E-state index contributed by atoms with van der Waals surface area (Å²) in [7, 11) is 0. The highest BCUT2D eigenvalue weighted by molar-refractivity contribution is 6.15. The third kappa shape index (κ3) is 3.39. The molecule has 2 heterocycles. The van der Waals surface area contributed by atoms with Crippen LogP contribution in [0.3, 0.4) is 0 Å². The van der Waals surface area contributed by atoms with Gasteiger partial charge >= 0.3 is 11.9 Å². The molecule has 2 aromatic carbocycles. The SMILES string of the molecule is CC1(C)OC(=O)C(=CNc2cccc(-c3nc4ccccc4o3)c2)C(=O)O1. The Morgan fingerprint density at radius 1 is 1.00 bits per heavy atom. The van der Waals surface area contributed by atoms with Crippen LogP contribution in [0, 0.1) is 0 Å². The summed E-state index contributed by atoms with van der Waals surface area (Å²) in [4.78, 5) is 28.4. The van der Waals surface area contributed by atoms with Crippen LogP contribution in [0.25, 0.3) is 22.6 Å². The van der Waals surface area contributed by atoms with Crippen molar-refractivity contribution < 1.29 is 23.5 Å². The quantitative estimate of drug-likeness (QED) is 0.431. The van der Waals surface area contributed by atoms with Crippen molar-refractivity contribution in [3.8, 4) is 11.5 Å². The van der Waals surface area contributed by atoms with E-state index in [1.54, 1.807) is 12.1 Å². The molecule has 7 heteroatoms. The number of rotatable bonds is 3. The Morgan fingerprint density at radius 2 is 1.74 bits per heavy atom. The number of para-hydroxylation sites is 2. The number of benzene rings is 2. The van der Waals surface area contributed by atoms with Crippen LogP contribution >= 0.6 is 0 Å². The van der Waals surface area contributed by atoms with Crippen LogP contribution in [-0.2, 0) is 19.1 Å². The van der Waals surface area contributed by atoms with E-state index in [4.69, 9.17) is 13.9 Å². The van der Waals surface area contributed by atoms with Crippen LogP contribution in [0.2, 0.25) is 0 Å². The highest BCUT2D eigenvalue weighted by Gasteiger charge is 2.38. The van der Waals surface area contributed by atoms with Crippen molar-refractivity contribution in [2.24, 2.45) is 0 Å². The number of carbonyl (C=O) groups is 2. The molecule has 27 heavy (non-hydrogen) atoms. The van der Waals surface area contributed by atoms with E-state index in [0.717, 1.165) is 11.1 Å². The molecule has 0 aliphatic carbocycles. The average molecular weight is 364 g/mol. The first kappa shape index (κ1) is 16.8. The highest BCUT2D eigenvalue weighted by Crippen LogP contribution is 2.27. The molecule has 3 aromatic rings. The number of fused-ring (bicyclic) bond motifs is 1. The minimum Gasteiger partial charge on any atom is -0.436 e. The van der Waals surface area contributed by atoms with Gasteiger partial charge in [-0.05, 0) is 30.3 Å². The Bertz CT molecular complexity index is 1030. The van der Waals surface area contributed by atoms with Crippen LogP contribution in [-0.4, -0.2) is 22.7 Å². The van der Waals surface area contributed by atoms with Gasteiger partial charge in [-0.3, -0.25) is 0 Å². The normalized spacial score (nSPS) is 16.0. The molecule has 0 bridgehead atoms. The van der Waals surface area contributed by atoms with Crippen LogP contribution < -0.4 is 5.32 Å². The first-order valence-electron chi connectivity index (χ1n) is 8.31. The van der Waals surface area contributed by atoms with E-state index in [1.807, 2.05) is 36.4 Å². The third-order valence-corrected chi connectivity index (χ3v) is 3.90.